The summed E-state index contributed by atoms with van der Waals surface area (Å²) in [6.45, 7) is 4.28. The fourth-order valence-electron chi connectivity index (χ4n) is 4.74. The van der Waals surface area contributed by atoms with Crippen molar-refractivity contribution in [3.05, 3.63) is 42.0 Å². The number of benzene rings is 1. The molecule has 0 spiro atoms. The SMILES string of the molecule is CB(O)NC(Cc1ccc(OC(=O)C2C(C(=O)N3CCN(C)CC3)[C@@H]3C=C[C@H]2O3)cc1)C(=O)O. The summed E-state index contributed by atoms with van der Waals surface area (Å²) >= 11 is 0. The zero-order valence-electron chi connectivity index (χ0n) is 19.3. The number of carbonyl (C=O) groups is 3. The standard InChI is InChI=1S/C23H30BN3O7/c1-24(32)25-16(22(29)30)13-14-3-5-15(6-4-14)33-23(31)20-18-8-7-17(34-18)19(20)21(28)27-11-9-26(2)10-12-27/h3-8,16-20,25,32H,9-13H2,1-2H3,(H,29,30)/t16?,17-,18+,19?,20?/m0/s1. The molecule has 11 heteroatoms. The molecule has 0 saturated carbocycles. The molecule has 10 nitrogen and oxygen atoms in total. The van der Waals surface area contributed by atoms with Crippen molar-refractivity contribution in [2.24, 2.45) is 11.8 Å². The van der Waals surface area contributed by atoms with Crippen LogP contribution in [0, 0.1) is 11.8 Å². The maximum absolute atomic E-state index is 13.3. The summed E-state index contributed by atoms with van der Waals surface area (Å²) in [6, 6.07) is 5.58. The lowest BCUT2D eigenvalue weighted by Gasteiger charge is -2.35. The summed E-state index contributed by atoms with van der Waals surface area (Å²) in [6.07, 6.45) is 2.91. The number of hydrogen-bond acceptors (Lipinski definition) is 8. The summed E-state index contributed by atoms with van der Waals surface area (Å²) in [5, 5.41) is 21.3. The molecule has 2 saturated heterocycles. The number of likely N-dealkylation sites (N-methyl/N-ethyl adjacent to an activating group) is 1. The summed E-state index contributed by atoms with van der Waals surface area (Å²) in [5.74, 6) is -2.68. The van der Waals surface area contributed by atoms with Gasteiger partial charge in [-0.3, -0.25) is 14.4 Å². The van der Waals surface area contributed by atoms with Gasteiger partial charge >= 0.3 is 19.0 Å². The van der Waals surface area contributed by atoms with Crippen molar-refractivity contribution in [1.82, 2.24) is 15.0 Å². The zero-order chi connectivity index (χ0) is 24.4. The molecule has 3 unspecified atom stereocenters. The van der Waals surface area contributed by atoms with E-state index in [1.165, 1.54) is 6.82 Å². The average molecular weight is 471 g/mol. The van der Waals surface area contributed by atoms with Crippen LogP contribution in [0.3, 0.4) is 0 Å². The molecule has 1 amide bonds. The van der Waals surface area contributed by atoms with Crippen LogP contribution in [0.4, 0.5) is 0 Å². The quantitative estimate of drug-likeness (QED) is 0.201. The molecule has 4 rings (SSSR count). The molecule has 1 aromatic rings. The highest BCUT2D eigenvalue weighted by Crippen LogP contribution is 2.41. The molecule has 182 valence electrons. The number of aliphatic carboxylic acids is 1. The molecule has 0 aliphatic carbocycles. The third-order valence-electron chi connectivity index (χ3n) is 6.59. The molecule has 34 heavy (non-hydrogen) atoms. The van der Waals surface area contributed by atoms with Crippen LogP contribution >= 0.6 is 0 Å². The number of ether oxygens (including phenoxy) is 2. The first-order valence-electron chi connectivity index (χ1n) is 11.5. The van der Waals surface area contributed by atoms with Crippen molar-refractivity contribution in [1.29, 1.82) is 0 Å². The third kappa shape index (κ3) is 5.33. The largest absolute Gasteiger partial charge is 0.480 e. The van der Waals surface area contributed by atoms with E-state index in [0.29, 0.717) is 24.4 Å². The minimum Gasteiger partial charge on any atom is -0.480 e. The lowest BCUT2D eigenvalue weighted by atomic mass is 9.82. The Labute approximate surface area is 198 Å². The van der Waals surface area contributed by atoms with Gasteiger partial charge in [-0.2, -0.15) is 0 Å². The van der Waals surface area contributed by atoms with Gasteiger partial charge in [-0.05, 0) is 38.0 Å². The Hall–Kier alpha value is -2.73. The van der Waals surface area contributed by atoms with E-state index in [4.69, 9.17) is 9.47 Å². The highest BCUT2D eigenvalue weighted by Gasteiger charge is 2.54. The number of rotatable bonds is 8. The Morgan fingerprint density at radius 3 is 2.32 bits per heavy atom. The molecule has 0 radical (unpaired) electrons. The highest BCUT2D eigenvalue weighted by molar-refractivity contribution is 6.46. The summed E-state index contributed by atoms with van der Waals surface area (Å²) < 4.78 is 11.5. The molecule has 2 bridgehead atoms. The molecular weight excluding hydrogens is 441 g/mol. The summed E-state index contributed by atoms with van der Waals surface area (Å²) in [4.78, 5) is 41.7. The lowest BCUT2D eigenvalue weighted by Crippen LogP contribution is -2.52. The van der Waals surface area contributed by atoms with Crippen LogP contribution in [0.5, 0.6) is 5.75 Å². The Bertz CT molecular complexity index is 946. The van der Waals surface area contributed by atoms with E-state index in [1.54, 1.807) is 29.2 Å². The third-order valence-corrected chi connectivity index (χ3v) is 6.59. The second-order valence-corrected chi connectivity index (χ2v) is 9.13. The van der Waals surface area contributed by atoms with Crippen LogP contribution in [0.25, 0.3) is 0 Å². The Morgan fingerprint density at radius 1 is 1.12 bits per heavy atom. The number of nitrogens with one attached hydrogen (secondary N) is 1. The number of fused-ring (bicyclic) bond motifs is 2. The lowest BCUT2D eigenvalue weighted by molar-refractivity contribution is -0.148. The number of amides is 1. The first-order chi connectivity index (χ1) is 16.2. The second kappa shape index (κ2) is 10.3. The predicted octanol–water partition coefficient (Wildman–Crippen LogP) is -0.369. The van der Waals surface area contributed by atoms with Gasteiger partial charge in [-0.15, -0.1) is 0 Å². The first kappa shape index (κ1) is 24.4. The molecule has 3 N–H and O–H groups in total. The van der Waals surface area contributed by atoms with Gasteiger partial charge in [-0.25, -0.2) is 0 Å². The minimum absolute atomic E-state index is 0.0763. The predicted molar refractivity (Wildman–Crippen MR) is 123 cm³/mol. The number of nitrogens with zero attached hydrogens (tertiary/aromatic N) is 2. The molecule has 5 atom stereocenters. The van der Waals surface area contributed by atoms with Gasteiger partial charge in [-0.1, -0.05) is 24.3 Å². The Kier molecular flexibility index (Phi) is 7.37. The monoisotopic (exact) mass is 471 g/mol. The van der Waals surface area contributed by atoms with Gasteiger partial charge in [0, 0.05) is 26.2 Å². The van der Waals surface area contributed by atoms with Gasteiger partial charge in [0.15, 0.2) is 0 Å². The normalized spacial score (nSPS) is 27.0. The van der Waals surface area contributed by atoms with Gasteiger partial charge in [0.2, 0.25) is 5.91 Å². The van der Waals surface area contributed by atoms with Crippen molar-refractivity contribution in [3.8, 4) is 5.75 Å². The van der Waals surface area contributed by atoms with E-state index in [-0.39, 0.29) is 12.3 Å². The van der Waals surface area contributed by atoms with Crippen molar-refractivity contribution >= 4 is 24.9 Å². The number of carboxylic acid groups (broad SMARTS) is 1. The molecule has 3 aliphatic heterocycles. The Balaban J connectivity index is 1.40. The van der Waals surface area contributed by atoms with Crippen molar-refractivity contribution in [3.63, 3.8) is 0 Å². The van der Waals surface area contributed by atoms with Crippen LogP contribution in [0.1, 0.15) is 5.56 Å². The Morgan fingerprint density at radius 2 is 1.74 bits per heavy atom. The zero-order valence-corrected chi connectivity index (χ0v) is 19.3. The van der Waals surface area contributed by atoms with Crippen molar-refractivity contribution in [2.75, 3.05) is 33.2 Å². The van der Waals surface area contributed by atoms with E-state index in [2.05, 4.69) is 10.1 Å². The smallest absolute Gasteiger partial charge is 0.374 e. The van der Waals surface area contributed by atoms with Gasteiger partial charge in [0.1, 0.15) is 17.7 Å². The molecule has 1 aromatic carbocycles. The molecule has 3 heterocycles. The van der Waals surface area contributed by atoms with Crippen LogP contribution in [-0.4, -0.2) is 96.3 Å². The van der Waals surface area contributed by atoms with Crippen LogP contribution in [0.15, 0.2) is 36.4 Å². The van der Waals surface area contributed by atoms with Crippen LogP contribution < -0.4 is 9.96 Å². The van der Waals surface area contributed by atoms with E-state index >= 15 is 0 Å². The molecule has 3 aliphatic rings. The van der Waals surface area contributed by atoms with E-state index in [1.807, 2.05) is 19.2 Å². The first-order valence-corrected chi connectivity index (χ1v) is 11.5. The van der Waals surface area contributed by atoms with Crippen molar-refractivity contribution < 1.29 is 34.0 Å². The maximum atomic E-state index is 13.3. The van der Waals surface area contributed by atoms with E-state index < -0.39 is 49.1 Å². The summed E-state index contributed by atoms with van der Waals surface area (Å²) in [5.41, 5.74) is 0.703. The number of hydrogen-bond donors (Lipinski definition) is 3. The van der Waals surface area contributed by atoms with Crippen LogP contribution in [0.2, 0.25) is 6.82 Å². The maximum Gasteiger partial charge on any atom is 0.374 e. The number of piperazine rings is 1. The van der Waals surface area contributed by atoms with Gasteiger partial charge < -0.3 is 34.6 Å². The van der Waals surface area contributed by atoms with E-state index in [0.717, 1.165) is 13.1 Å². The topological polar surface area (TPSA) is 129 Å². The van der Waals surface area contributed by atoms with Gasteiger partial charge in [0.05, 0.1) is 18.1 Å². The van der Waals surface area contributed by atoms with E-state index in [9.17, 15) is 24.5 Å². The van der Waals surface area contributed by atoms with Crippen molar-refractivity contribution in [2.45, 2.75) is 31.5 Å². The summed E-state index contributed by atoms with van der Waals surface area (Å²) in [7, 11) is 1.06. The minimum atomic E-state index is -1.07. The number of esters is 1. The molecular formula is C23H30BN3O7. The molecule has 0 aromatic heterocycles. The molecule has 2 fully saturated rings. The fourth-order valence-corrected chi connectivity index (χ4v) is 4.74. The average Bonchev–Trinajstić information content (AvgIpc) is 3.41. The van der Waals surface area contributed by atoms with Crippen LogP contribution in [-0.2, 0) is 25.5 Å². The number of carboxylic acids is 1. The second-order valence-electron chi connectivity index (χ2n) is 9.13. The highest BCUT2D eigenvalue weighted by atomic mass is 16.5. The van der Waals surface area contributed by atoms with Gasteiger partial charge in [0.25, 0.3) is 0 Å². The fraction of sp³-hybridized carbons (Fsp3) is 0.522. The number of carbonyl (C=O) groups excluding carboxylic acids is 2.